The maximum absolute atomic E-state index is 14.5. The third-order valence-corrected chi connectivity index (χ3v) is 6.48. The Hall–Kier alpha value is -4.40. The predicted molar refractivity (Wildman–Crippen MR) is 160 cm³/mol. The summed E-state index contributed by atoms with van der Waals surface area (Å²) in [6, 6.07) is 23.3. The van der Waals surface area contributed by atoms with Crippen molar-refractivity contribution in [3.63, 3.8) is 0 Å². The van der Waals surface area contributed by atoms with Crippen LogP contribution in [0.2, 0.25) is 0 Å². The summed E-state index contributed by atoms with van der Waals surface area (Å²) in [5.41, 5.74) is 4.38. The molecule has 6 nitrogen and oxygen atoms in total. The summed E-state index contributed by atoms with van der Waals surface area (Å²) in [4.78, 5) is 25.4. The number of hydrogen-bond donors (Lipinski definition) is 2. The highest BCUT2D eigenvalue weighted by Gasteiger charge is 2.20. The molecule has 0 aliphatic carbocycles. The molecule has 0 aliphatic rings. The van der Waals surface area contributed by atoms with Gasteiger partial charge in [0.25, 0.3) is 11.8 Å². The first kappa shape index (κ1) is 28.6. The van der Waals surface area contributed by atoms with Gasteiger partial charge in [-0.15, -0.1) is 0 Å². The molecule has 0 unspecified atom stereocenters. The van der Waals surface area contributed by atoms with Crippen LogP contribution in [0, 0.1) is 11.6 Å². The van der Waals surface area contributed by atoms with E-state index in [1.54, 1.807) is 48.5 Å². The van der Waals surface area contributed by atoms with Gasteiger partial charge in [-0.25, -0.2) is 8.78 Å². The van der Waals surface area contributed by atoms with Crippen molar-refractivity contribution in [2.75, 3.05) is 52.9 Å². The lowest BCUT2D eigenvalue weighted by atomic mass is 10.0. The average Bonchev–Trinajstić information content (AvgIpc) is 2.87. The molecular formula is C32H34F2N4O2+2. The highest BCUT2D eigenvalue weighted by molar-refractivity contribution is 6.05. The summed E-state index contributed by atoms with van der Waals surface area (Å²) in [6.45, 7) is 0. The molecule has 2 amide bonds. The van der Waals surface area contributed by atoms with Crippen LogP contribution in [0.3, 0.4) is 0 Å². The molecule has 4 aromatic carbocycles. The molecule has 0 heterocycles. The van der Waals surface area contributed by atoms with E-state index in [0.29, 0.717) is 42.8 Å². The number of nitrogens with one attached hydrogen (secondary N) is 2. The van der Waals surface area contributed by atoms with E-state index >= 15 is 0 Å². The first-order valence-corrected chi connectivity index (χ1v) is 12.8. The number of halogens is 2. The standard InChI is InChI=1S/C32H32F2N4O2/c1-37(2,3)29-17-15-25(19-27(29)33)35-31(39)23-11-7-21(8-12-23)22-9-13-24(14-10-22)32(40)36-26-16-18-30(28(34)20-26)38(4,5)6/h7-20H,1-6H3/p+2. The van der Waals surface area contributed by atoms with Crippen LogP contribution < -0.4 is 19.6 Å². The molecule has 0 aromatic heterocycles. The molecule has 206 valence electrons. The second-order valence-corrected chi connectivity index (χ2v) is 11.4. The van der Waals surface area contributed by atoms with Crippen LogP contribution >= 0.6 is 0 Å². The number of rotatable bonds is 7. The number of amides is 2. The monoisotopic (exact) mass is 544 g/mol. The van der Waals surface area contributed by atoms with E-state index in [0.717, 1.165) is 11.1 Å². The number of benzene rings is 4. The Kier molecular flexibility index (Phi) is 7.86. The summed E-state index contributed by atoms with van der Waals surface area (Å²) in [5.74, 6) is -1.46. The number of carbonyl (C=O) groups is 2. The van der Waals surface area contributed by atoms with Gasteiger partial charge in [0, 0.05) is 46.8 Å². The normalized spacial score (nSPS) is 11.7. The zero-order valence-electron chi connectivity index (χ0n) is 23.5. The minimum absolute atomic E-state index is 0.331. The highest BCUT2D eigenvalue weighted by Crippen LogP contribution is 2.27. The van der Waals surface area contributed by atoms with Crippen molar-refractivity contribution in [2.24, 2.45) is 0 Å². The topological polar surface area (TPSA) is 58.2 Å². The second-order valence-electron chi connectivity index (χ2n) is 11.4. The van der Waals surface area contributed by atoms with Crippen LogP contribution in [0.15, 0.2) is 84.9 Å². The van der Waals surface area contributed by atoms with Crippen molar-refractivity contribution in [3.05, 3.63) is 108 Å². The molecule has 0 saturated heterocycles. The number of anilines is 2. The molecule has 0 spiro atoms. The lowest BCUT2D eigenvalue weighted by molar-refractivity contribution is 0.101. The molecule has 0 aliphatic heterocycles. The van der Waals surface area contributed by atoms with E-state index in [2.05, 4.69) is 10.6 Å². The highest BCUT2D eigenvalue weighted by atomic mass is 19.1. The van der Waals surface area contributed by atoms with Crippen molar-refractivity contribution in [1.82, 2.24) is 8.97 Å². The first-order valence-electron chi connectivity index (χ1n) is 12.8. The van der Waals surface area contributed by atoms with Crippen LogP contribution in [0.25, 0.3) is 11.1 Å². The van der Waals surface area contributed by atoms with Crippen molar-refractivity contribution in [2.45, 2.75) is 0 Å². The Balaban J connectivity index is 1.40. The number of carbonyl (C=O) groups excluding carboxylic acids is 2. The Bertz CT molecular complexity index is 1430. The lowest BCUT2D eigenvalue weighted by Gasteiger charge is -2.24. The zero-order chi connectivity index (χ0) is 29.2. The Morgan fingerprint density at radius 1 is 0.525 bits per heavy atom. The van der Waals surface area contributed by atoms with Crippen LogP contribution in [0.1, 0.15) is 20.7 Å². The quantitative estimate of drug-likeness (QED) is 0.260. The van der Waals surface area contributed by atoms with Crippen LogP contribution in [0.5, 0.6) is 0 Å². The Morgan fingerprint density at radius 3 is 1.12 bits per heavy atom. The first-order chi connectivity index (χ1) is 18.7. The maximum atomic E-state index is 14.5. The fourth-order valence-electron chi connectivity index (χ4n) is 4.29. The fourth-order valence-corrected chi connectivity index (χ4v) is 4.29. The van der Waals surface area contributed by atoms with Gasteiger partial charge in [-0.3, -0.25) is 18.6 Å². The van der Waals surface area contributed by atoms with Crippen molar-refractivity contribution in [3.8, 4) is 11.1 Å². The molecule has 0 bridgehead atoms. The maximum Gasteiger partial charge on any atom is 0.255 e. The SMILES string of the molecule is C[N+](C)(C)c1ccc(NC(=O)c2ccc(-c3ccc(C(=O)Nc4ccc([N+](C)(C)C)c(F)c4)cc3)cc2)cc1F. The fraction of sp³-hybridized carbons (Fsp3) is 0.188. The number of nitrogens with zero attached hydrogens (tertiary/aromatic N) is 2. The van der Waals surface area contributed by atoms with Gasteiger partial charge in [-0.05, 0) is 47.5 Å². The summed E-state index contributed by atoms with van der Waals surface area (Å²) in [7, 11) is 11.2. The lowest BCUT2D eigenvalue weighted by Crippen LogP contribution is -2.35. The molecule has 8 heteroatoms. The third kappa shape index (κ3) is 6.59. The largest absolute Gasteiger partial charge is 0.322 e. The zero-order valence-corrected chi connectivity index (χ0v) is 23.5. The molecule has 40 heavy (non-hydrogen) atoms. The summed E-state index contributed by atoms with van der Waals surface area (Å²) >= 11 is 0. The molecule has 4 aromatic rings. The molecule has 0 radical (unpaired) electrons. The van der Waals surface area contributed by atoms with E-state index in [1.807, 2.05) is 66.6 Å². The van der Waals surface area contributed by atoms with Crippen LogP contribution in [-0.4, -0.2) is 54.1 Å². The van der Waals surface area contributed by atoms with Gasteiger partial charge >= 0.3 is 0 Å². The van der Waals surface area contributed by atoms with E-state index in [-0.39, 0.29) is 23.4 Å². The molecule has 0 fully saturated rings. The van der Waals surface area contributed by atoms with Gasteiger partial charge in [0.05, 0.1) is 42.3 Å². The van der Waals surface area contributed by atoms with E-state index in [4.69, 9.17) is 0 Å². The van der Waals surface area contributed by atoms with Crippen LogP contribution in [-0.2, 0) is 0 Å². The van der Waals surface area contributed by atoms with Gasteiger partial charge in [0.2, 0.25) is 0 Å². The summed E-state index contributed by atoms with van der Waals surface area (Å²) < 4.78 is 29.6. The van der Waals surface area contributed by atoms with Gasteiger partial charge in [0.1, 0.15) is 0 Å². The third-order valence-electron chi connectivity index (χ3n) is 6.48. The van der Waals surface area contributed by atoms with Crippen molar-refractivity contribution in [1.29, 1.82) is 0 Å². The summed E-state index contributed by atoms with van der Waals surface area (Å²) in [6.07, 6.45) is 0. The molecule has 0 saturated carbocycles. The molecule has 2 N–H and O–H groups in total. The summed E-state index contributed by atoms with van der Waals surface area (Å²) in [5, 5.41) is 5.47. The van der Waals surface area contributed by atoms with Gasteiger partial charge in [-0.2, -0.15) is 0 Å². The van der Waals surface area contributed by atoms with Crippen molar-refractivity contribution < 1.29 is 18.4 Å². The second kappa shape index (κ2) is 11.0. The van der Waals surface area contributed by atoms with Crippen molar-refractivity contribution >= 4 is 34.6 Å². The average molecular weight is 545 g/mol. The smallest absolute Gasteiger partial charge is 0.255 e. The Labute approximate surface area is 233 Å². The van der Waals surface area contributed by atoms with E-state index in [1.165, 1.54) is 12.1 Å². The predicted octanol–water partition coefficient (Wildman–Crippen LogP) is 6.53. The molecule has 0 atom stereocenters. The Morgan fingerprint density at radius 2 is 0.850 bits per heavy atom. The van der Waals surface area contributed by atoms with Crippen LogP contribution in [0.4, 0.5) is 31.5 Å². The van der Waals surface area contributed by atoms with Gasteiger partial charge in [0.15, 0.2) is 23.0 Å². The minimum Gasteiger partial charge on any atom is -0.322 e. The number of hydrogen-bond acceptors (Lipinski definition) is 2. The molecular weight excluding hydrogens is 510 g/mol. The minimum atomic E-state index is -0.386. The van der Waals surface area contributed by atoms with E-state index in [9.17, 15) is 18.4 Å². The van der Waals surface area contributed by atoms with E-state index < -0.39 is 0 Å². The molecule has 4 rings (SSSR count). The van der Waals surface area contributed by atoms with Gasteiger partial charge in [-0.1, -0.05) is 24.3 Å². The number of quaternary nitrogens is 2. The van der Waals surface area contributed by atoms with Gasteiger partial charge < -0.3 is 10.6 Å².